The fourth-order valence-electron chi connectivity index (χ4n) is 6.41. The third kappa shape index (κ3) is 6.40. The van der Waals surface area contributed by atoms with Crippen LogP contribution in [0.3, 0.4) is 0 Å². The zero-order chi connectivity index (χ0) is 30.9. The van der Waals surface area contributed by atoms with Gasteiger partial charge in [-0.25, -0.2) is 0 Å². The molecule has 44 heavy (non-hydrogen) atoms. The summed E-state index contributed by atoms with van der Waals surface area (Å²) in [6.07, 6.45) is -2.86. The summed E-state index contributed by atoms with van der Waals surface area (Å²) in [5.74, 6) is 0.602. The molecule has 0 unspecified atom stereocenters. The van der Waals surface area contributed by atoms with Crippen LogP contribution in [0.2, 0.25) is 0 Å². The summed E-state index contributed by atoms with van der Waals surface area (Å²) in [4.78, 5) is 22.4. The molecular weight excluding hydrogens is 575 g/mol. The van der Waals surface area contributed by atoms with Crippen LogP contribution in [0.5, 0.6) is 11.6 Å². The van der Waals surface area contributed by atoms with Crippen LogP contribution in [0, 0.1) is 5.41 Å². The predicted octanol–water partition coefficient (Wildman–Crippen LogP) is 5.24. The number of benzene rings is 2. The van der Waals surface area contributed by atoms with Crippen LogP contribution in [0.1, 0.15) is 49.8 Å². The Morgan fingerprint density at radius 2 is 1.89 bits per heavy atom. The van der Waals surface area contributed by atoms with Crippen molar-refractivity contribution in [3.63, 3.8) is 0 Å². The van der Waals surface area contributed by atoms with Crippen LogP contribution < -0.4 is 25.4 Å². The van der Waals surface area contributed by atoms with Gasteiger partial charge >= 0.3 is 12.1 Å². The molecule has 9 nitrogen and oxygen atoms in total. The van der Waals surface area contributed by atoms with Crippen LogP contribution in [0.25, 0.3) is 11.1 Å². The lowest BCUT2D eigenvalue weighted by Crippen LogP contribution is -2.41. The zero-order valence-corrected chi connectivity index (χ0v) is 24.5. The highest BCUT2D eigenvalue weighted by molar-refractivity contribution is 5.76. The van der Waals surface area contributed by atoms with E-state index in [9.17, 15) is 18.0 Å². The average Bonchev–Trinajstić information content (AvgIpc) is 3.43. The van der Waals surface area contributed by atoms with E-state index in [1.165, 1.54) is 18.2 Å². The van der Waals surface area contributed by atoms with Crippen LogP contribution in [0.4, 0.5) is 24.9 Å². The maximum atomic E-state index is 14.3. The van der Waals surface area contributed by atoms with Gasteiger partial charge < -0.3 is 30.2 Å². The predicted molar refractivity (Wildman–Crippen MR) is 158 cm³/mol. The molecule has 2 atom stereocenters. The first-order chi connectivity index (χ1) is 21.1. The molecule has 1 spiro atoms. The number of hydrogen-bond donors (Lipinski definition) is 2. The second-order valence-electron chi connectivity index (χ2n) is 11.7. The Hall–Kier alpha value is -4.06. The van der Waals surface area contributed by atoms with Crippen molar-refractivity contribution in [1.82, 2.24) is 15.3 Å². The Labute approximate surface area is 253 Å². The van der Waals surface area contributed by atoms with Crippen LogP contribution in [-0.4, -0.2) is 61.0 Å². The van der Waals surface area contributed by atoms with Gasteiger partial charge in [-0.3, -0.25) is 4.79 Å². The molecule has 0 radical (unpaired) electrons. The molecule has 0 bridgehead atoms. The largest absolute Gasteiger partial charge is 0.493 e. The third-order valence-electron chi connectivity index (χ3n) is 8.78. The Balaban J connectivity index is 1.15. The molecule has 2 saturated heterocycles. The SMILES string of the molecule is CCOC(=O)[C@@H]1CC2(CCN(c3cc(O[C@H](c4ccc(-c5ccc6c(c5)CCCO6)cc4)C(F)(F)F)nc(N)n3)CC2)CN1. The van der Waals surface area contributed by atoms with E-state index in [0.717, 1.165) is 48.1 Å². The van der Waals surface area contributed by atoms with E-state index >= 15 is 0 Å². The van der Waals surface area contributed by atoms with E-state index < -0.39 is 12.3 Å². The molecule has 2 fully saturated rings. The van der Waals surface area contributed by atoms with Crippen molar-refractivity contribution in [1.29, 1.82) is 0 Å². The van der Waals surface area contributed by atoms with Gasteiger partial charge in [0.1, 0.15) is 17.6 Å². The molecule has 234 valence electrons. The second-order valence-corrected chi connectivity index (χ2v) is 11.7. The lowest BCUT2D eigenvalue weighted by Gasteiger charge is -2.39. The van der Waals surface area contributed by atoms with Gasteiger partial charge in [-0.05, 0) is 73.3 Å². The first kappa shape index (κ1) is 30.0. The van der Waals surface area contributed by atoms with E-state index in [1.807, 2.05) is 23.1 Å². The normalized spacial score (nSPS) is 20.1. The maximum Gasteiger partial charge on any atom is 0.429 e. The monoisotopic (exact) mass is 611 g/mol. The minimum absolute atomic E-state index is 0.0494. The topological polar surface area (TPSA) is 112 Å². The van der Waals surface area contributed by atoms with Crippen molar-refractivity contribution >= 4 is 17.7 Å². The number of aromatic nitrogens is 2. The van der Waals surface area contributed by atoms with E-state index in [0.29, 0.717) is 45.1 Å². The molecule has 3 aliphatic heterocycles. The van der Waals surface area contributed by atoms with Crippen LogP contribution in [-0.2, 0) is 16.0 Å². The van der Waals surface area contributed by atoms with E-state index in [1.54, 1.807) is 19.1 Å². The van der Waals surface area contributed by atoms with Crippen molar-refractivity contribution < 1.29 is 32.2 Å². The molecule has 0 amide bonds. The van der Waals surface area contributed by atoms with E-state index in [-0.39, 0.29) is 34.8 Å². The molecule has 3 N–H and O–H groups in total. The Kier molecular flexibility index (Phi) is 8.28. The molecule has 0 aliphatic carbocycles. The summed E-state index contributed by atoms with van der Waals surface area (Å²) >= 11 is 0. The summed E-state index contributed by atoms with van der Waals surface area (Å²) in [6, 6.07) is 13.1. The highest BCUT2D eigenvalue weighted by Gasteiger charge is 2.45. The lowest BCUT2D eigenvalue weighted by atomic mass is 9.76. The minimum atomic E-state index is -4.70. The first-order valence-corrected chi connectivity index (χ1v) is 15.0. The number of nitrogens with zero attached hydrogens (tertiary/aromatic N) is 3. The Morgan fingerprint density at radius 3 is 2.61 bits per heavy atom. The molecule has 12 heteroatoms. The van der Waals surface area contributed by atoms with Crippen molar-refractivity contribution in [2.45, 2.75) is 57.3 Å². The van der Waals surface area contributed by atoms with Crippen LogP contribution in [0.15, 0.2) is 48.5 Å². The van der Waals surface area contributed by atoms with Crippen molar-refractivity contribution in [3.8, 4) is 22.8 Å². The van der Waals surface area contributed by atoms with Gasteiger partial charge in [-0.2, -0.15) is 23.1 Å². The standard InChI is InChI=1S/C32H36F3N5O4/c1-2-42-29(41)24-18-31(19-37-24)11-13-40(14-12-31)26-17-27(39-30(36)38-26)44-28(32(33,34)35)21-7-5-20(6-8-21)22-9-10-25-23(16-22)4-3-15-43-25/h5-10,16-17,24,28,37H,2-4,11-15,18-19H2,1H3,(H2,36,38,39)/t24-,28+/m0/s1. The van der Waals surface area contributed by atoms with Gasteiger partial charge in [0.05, 0.1) is 13.2 Å². The number of ether oxygens (including phenoxy) is 3. The van der Waals surface area contributed by atoms with Crippen molar-refractivity contribution in [2.24, 2.45) is 5.41 Å². The first-order valence-electron chi connectivity index (χ1n) is 15.0. The number of nitrogens with one attached hydrogen (secondary N) is 1. The number of carbonyl (C=O) groups excluding carboxylic acids is 1. The van der Waals surface area contributed by atoms with E-state index in [2.05, 4.69) is 15.3 Å². The third-order valence-corrected chi connectivity index (χ3v) is 8.78. The number of anilines is 2. The summed E-state index contributed by atoms with van der Waals surface area (Å²) < 4.78 is 59.2. The zero-order valence-electron chi connectivity index (χ0n) is 24.5. The van der Waals surface area contributed by atoms with Crippen LogP contribution >= 0.6 is 0 Å². The number of aryl methyl sites for hydroxylation is 1. The lowest BCUT2D eigenvalue weighted by molar-refractivity contribution is -0.198. The molecular formula is C32H36F3N5O4. The fourth-order valence-corrected chi connectivity index (χ4v) is 6.41. The van der Waals surface area contributed by atoms with E-state index in [4.69, 9.17) is 19.9 Å². The maximum absolute atomic E-state index is 14.3. The van der Waals surface area contributed by atoms with Gasteiger partial charge in [0.15, 0.2) is 0 Å². The molecule has 3 aliphatic rings. The number of carbonyl (C=O) groups is 1. The van der Waals surface area contributed by atoms with Gasteiger partial charge in [0.2, 0.25) is 17.9 Å². The molecule has 3 aromatic rings. The number of nitrogen functional groups attached to an aromatic ring is 1. The average molecular weight is 612 g/mol. The van der Waals surface area contributed by atoms with Crippen molar-refractivity contribution in [3.05, 3.63) is 59.7 Å². The number of rotatable bonds is 7. The number of alkyl halides is 3. The minimum Gasteiger partial charge on any atom is -0.493 e. The number of hydrogen-bond acceptors (Lipinski definition) is 9. The second kappa shape index (κ2) is 12.1. The molecule has 1 aromatic heterocycles. The number of halogens is 3. The number of nitrogens with two attached hydrogens (primary N) is 1. The summed E-state index contributed by atoms with van der Waals surface area (Å²) in [5, 5.41) is 3.28. The number of piperidine rings is 1. The Morgan fingerprint density at radius 1 is 1.14 bits per heavy atom. The number of fused-ring (bicyclic) bond motifs is 1. The summed E-state index contributed by atoms with van der Waals surface area (Å²) in [7, 11) is 0. The summed E-state index contributed by atoms with van der Waals surface area (Å²) in [5.41, 5.74) is 8.64. The molecule has 0 saturated carbocycles. The highest BCUT2D eigenvalue weighted by atomic mass is 19.4. The molecule has 2 aromatic carbocycles. The molecule has 6 rings (SSSR count). The number of esters is 1. The van der Waals surface area contributed by atoms with Gasteiger partial charge in [0.25, 0.3) is 0 Å². The fraction of sp³-hybridized carbons (Fsp3) is 0.469. The smallest absolute Gasteiger partial charge is 0.429 e. The van der Waals surface area contributed by atoms with Gasteiger partial charge in [0, 0.05) is 31.3 Å². The Bertz CT molecular complexity index is 1490. The van der Waals surface area contributed by atoms with Gasteiger partial charge in [-0.1, -0.05) is 30.3 Å². The molecule has 4 heterocycles. The highest BCUT2D eigenvalue weighted by Crippen LogP contribution is 2.42. The quantitative estimate of drug-likeness (QED) is 0.346. The summed E-state index contributed by atoms with van der Waals surface area (Å²) in [6.45, 7) is 4.72. The van der Waals surface area contributed by atoms with Gasteiger partial charge in [-0.15, -0.1) is 0 Å². The van der Waals surface area contributed by atoms with Crippen molar-refractivity contribution in [2.75, 3.05) is 43.5 Å².